The molecule has 0 radical (unpaired) electrons. The molecule has 170 valence electrons. The fourth-order valence-corrected chi connectivity index (χ4v) is 4.15. The highest BCUT2D eigenvalue weighted by Gasteiger charge is 2.26. The highest BCUT2D eigenvalue weighted by molar-refractivity contribution is 7.98. The maximum absolute atomic E-state index is 13.9. The van der Waals surface area contributed by atoms with Gasteiger partial charge in [0, 0.05) is 29.6 Å². The number of benzene rings is 2. The van der Waals surface area contributed by atoms with Crippen LogP contribution in [0.5, 0.6) is 11.6 Å². The molecule has 0 saturated carbocycles. The minimum Gasteiger partial charge on any atom is -0.438 e. The van der Waals surface area contributed by atoms with Gasteiger partial charge >= 0.3 is 0 Å². The summed E-state index contributed by atoms with van der Waals surface area (Å²) in [6.07, 6.45) is 4.20. The fraction of sp³-hybridized carbons (Fsp3) is 0.240. The molecule has 1 aliphatic heterocycles. The monoisotopic (exact) mass is 465 g/mol. The average molecular weight is 466 g/mol. The Morgan fingerprint density at radius 1 is 1.09 bits per heavy atom. The largest absolute Gasteiger partial charge is 0.438 e. The Morgan fingerprint density at radius 3 is 2.58 bits per heavy atom. The number of pyridine rings is 1. The summed E-state index contributed by atoms with van der Waals surface area (Å²) in [5, 5.41) is 2.94. The van der Waals surface area contributed by atoms with Crippen molar-refractivity contribution in [3.63, 3.8) is 0 Å². The third kappa shape index (κ3) is 5.70. The molecule has 2 heterocycles. The second-order valence-corrected chi connectivity index (χ2v) is 8.57. The zero-order chi connectivity index (χ0) is 23.2. The summed E-state index contributed by atoms with van der Waals surface area (Å²) in [7, 11) is 0. The standard InChI is InChI=1S/C25H24FN3O3S/c1-33-21-9-5-8-20(15-21)32-24-22(14-18(26)16-27-24)23(30)28-19-10-12-29(13-11-19)25(31)17-6-3-2-4-7-17/h2-9,14-16,19H,10-13H2,1H3,(H,28,30). The number of amides is 2. The van der Waals surface area contributed by atoms with E-state index in [1.807, 2.05) is 42.7 Å². The lowest BCUT2D eigenvalue weighted by molar-refractivity contribution is 0.0698. The number of ether oxygens (including phenoxy) is 1. The van der Waals surface area contributed by atoms with Crippen LogP contribution in [0.1, 0.15) is 33.6 Å². The molecule has 0 spiro atoms. The Balaban J connectivity index is 1.40. The van der Waals surface area contributed by atoms with Crippen molar-refractivity contribution in [2.24, 2.45) is 0 Å². The SMILES string of the molecule is CSc1cccc(Oc2ncc(F)cc2C(=O)NC2CCN(C(=O)c3ccccc3)CC2)c1. The number of likely N-dealkylation sites (tertiary alicyclic amines) is 1. The number of carbonyl (C=O) groups excluding carboxylic acids is 2. The van der Waals surface area contributed by atoms with Crippen molar-refractivity contribution in [3.05, 3.63) is 83.8 Å². The quantitative estimate of drug-likeness (QED) is 0.531. The van der Waals surface area contributed by atoms with E-state index in [2.05, 4.69) is 10.3 Å². The number of hydrogen-bond acceptors (Lipinski definition) is 5. The number of nitrogens with one attached hydrogen (secondary N) is 1. The number of hydrogen-bond donors (Lipinski definition) is 1. The van der Waals surface area contributed by atoms with Gasteiger partial charge in [-0.15, -0.1) is 11.8 Å². The number of halogens is 1. The van der Waals surface area contributed by atoms with Gasteiger partial charge < -0.3 is 15.0 Å². The smallest absolute Gasteiger partial charge is 0.257 e. The van der Waals surface area contributed by atoms with Gasteiger partial charge in [0.15, 0.2) is 0 Å². The number of carbonyl (C=O) groups is 2. The van der Waals surface area contributed by atoms with Crippen LogP contribution in [-0.4, -0.2) is 47.1 Å². The first-order valence-electron chi connectivity index (χ1n) is 10.7. The predicted molar refractivity (Wildman–Crippen MR) is 125 cm³/mol. The van der Waals surface area contributed by atoms with Crippen LogP contribution >= 0.6 is 11.8 Å². The Labute approximate surface area is 196 Å². The number of aromatic nitrogens is 1. The van der Waals surface area contributed by atoms with Gasteiger partial charge in [-0.1, -0.05) is 24.3 Å². The van der Waals surface area contributed by atoms with Gasteiger partial charge in [0.2, 0.25) is 5.88 Å². The molecule has 0 aliphatic carbocycles. The van der Waals surface area contributed by atoms with Crippen LogP contribution in [0.15, 0.2) is 71.8 Å². The van der Waals surface area contributed by atoms with Crippen LogP contribution in [0.3, 0.4) is 0 Å². The molecule has 1 N–H and O–H groups in total. The van der Waals surface area contributed by atoms with E-state index in [-0.39, 0.29) is 23.4 Å². The Kier molecular flexibility index (Phi) is 7.24. The maximum atomic E-state index is 13.9. The van der Waals surface area contributed by atoms with Crippen molar-refractivity contribution < 1.29 is 18.7 Å². The maximum Gasteiger partial charge on any atom is 0.257 e. The molecule has 0 unspecified atom stereocenters. The van der Waals surface area contributed by atoms with Crippen molar-refractivity contribution in [1.82, 2.24) is 15.2 Å². The molecule has 6 nitrogen and oxygen atoms in total. The van der Waals surface area contributed by atoms with E-state index in [9.17, 15) is 14.0 Å². The van der Waals surface area contributed by atoms with Gasteiger partial charge in [-0.25, -0.2) is 9.37 Å². The third-order valence-corrected chi connectivity index (χ3v) is 6.18. The number of nitrogens with zero attached hydrogens (tertiary/aromatic N) is 2. The minimum atomic E-state index is -0.617. The first-order valence-corrected chi connectivity index (χ1v) is 11.9. The zero-order valence-corrected chi connectivity index (χ0v) is 19.0. The molecule has 8 heteroatoms. The number of piperidine rings is 1. The lowest BCUT2D eigenvalue weighted by Gasteiger charge is -2.32. The van der Waals surface area contributed by atoms with Crippen LogP contribution in [0, 0.1) is 5.82 Å². The number of rotatable bonds is 6. The second kappa shape index (κ2) is 10.5. The molecular formula is C25H24FN3O3S. The summed E-state index contributed by atoms with van der Waals surface area (Å²) in [4.78, 5) is 32.4. The van der Waals surface area contributed by atoms with E-state index < -0.39 is 11.7 Å². The fourth-order valence-electron chi connectivity index (χ4n) is 3.70. The lowest BCUT2D eigenvalue weighted by atomic mass is 10.0. The number of thioether (sulfide) groups is 1. The van der Waals surface area contributed by atoms with Crippen LogP contribution in [0.25, 0.3) is 0 Å². The molecular weight excluding hydrogens is 441 g/mol. The minimum absolute atomic E-state index is 0.0159. The zero-order valence-electron chi connectivity index (χ0n) is 18.2. The van der Waals surface area contributed by atoms with Gasteiger partial charge in [-0.3, -0.25) is 9.59 Å². The summed E-state index contributed by atoms with van der Waals surface area (Å²) in [6.45, 7) is 1.07. The van der Waals surface area contributed by atoms with Crippen LogP contribution in [0.2, 0.25) is 0 Å². The van der Waals surface area contributed by atoms with Crippen molar-refractivity contribution in [3.8, 4) is 11.6 Å². The van der Waals surface area contributed by atoms with Crippen LogP contribution in [-0.2, 0) is 0 Å². The van der Waals surface area contributed by atoms with Gasteiger partial charge in [-0.2, -0.15) is 0 Å². The predicted octanol–water partition coefficient (Wildman–Crippen LogP) is 4.77. The van der Waals surface area contributed by atoms with Gasteiger partial charge in [0.25, 0.3) is 11.8 Å². The molecule has 1 aliphatic rings. The van der Waals surface area contributed by atoms with Crippen molar-refractivity contribution >= 4 is 23.6 Å². The summed E-state index contributed by atoms with van der Waals surface area (Å²) in [5.74, 6) is -0.524. The summed E-state index contributed by atoms with van der Waals surface area (Å²) < 4.78 is 19.7. The molecule has 2 aromatic carbocycles. The van der Waals surface area contributed by atoms with E-state index in [1.54, 1.807) is 34.9 Å². The molecule has 4 rings (SSSR count). The molecule has 1 fully saturated rings. The molecule has 1 saturated heterocycles. The highest BCUT2D eigenvalue weighted by Crippen LogP contribution is 2.27. The molecule has 0 atom stereocenters. The second-order valence-electron chi connectivity index (χ2n) is 7.69. The van der Waals surface area contributed by atoms with Crippen molar-refractivity contribution in [2.45, 2.75) is 23.8 Å². The lowest BCUT2D eigenvalue weighted by Crippen LogP contribution is -2.46. The van der Waals surface area contributed by atoms with Crippen molar-refractivity contribution in [2.75, 3.05) is 19.3 Å². The Bertz CT molecular complexity index is 1130. The van der Waals surface area contributed by atoms with E-state index in [4.69, 9.17) is 4.74 Å². The van der Waals surface area contributed by atoms with Gasteiger partial charge in [0.1, 0.15) is 17.1 Å². The average Bonchev–Trinajstić information content (AvgIpc) is 2.85. The van der Waals surface area contributed by atoms with E-state index in [0.29, 0.717) is 37.2 Å². The normalized spacial score (nSPS) is 14.1. The van der Waals surface area contributed by atoms with Gasteiger partial charge in [-0.05, 0) is 55.5 Å². The molecule has 0 bridgehead atoms. The first kappa shape index (κ1) is 22.8. The van der Waals surface area contributed by atoms with Crippen LogP contribution < -0.4 is 10.1 Å². The molecule has 1 aromatic heterocycles. The Morgan fingerprint density at radius 2 is 1.85 bits per heavy atom. The first-order chi connectivity index (χ1) is 16.0. The molecule has 2 amide bonds. The van der Waals surface area contributed by atoms with Crippen molar-refractivity contribution in [1.29, 1.82) is 0 Å². The summed E-state index contributed by atoms with van der Waals surface area (Å²) >= 11 is 1.56. The topological polar surface area (TPSA) is 71.5 Å². The highest BCUT2D eigenvalue weighted by atomic mass is 32.2. The molecule has 3 aromatic rings. The van der Waals surface area contributed by atoms with E-state index in [1.165, 1.54) is 0 Å². The van der Waals surface area contributed by atoms with E-state index >= 15 is 0 Å². The van der Waals surface area contributed by atoms with E-state index in [0.717, 1.165) is 17.2 Å². The summed E-state index contributed by atoms with van der Waals surface area (Å²) in [6, 6.07) is 17.5. The molecule has 33 heavy (non-hydrogen) atoms. The Hall–Kier alpha value is -3.39. The van der Waals surface area contributed by atoms with Crippen LogP contribution in [0.4, 0.5) is 4.39 Å². The third-order valence-electron chi connectivity index (χ3n) is 5.46. The van der Waals surface area contributed by atoms with Gasteiger partial charge in [0.05, 0.1) is 6.20 Å². The summed E-state index contributed by atoms with van der Waals surface area (Å²) in [5.41, 5.74) is 0.686.